The summed E-state index contributed by atoms with van der Waals surface area (Å²) in [5.74, 6) is 2.63. The summed E-state index contributed by atoms with van der Waals surface area (Å²) in [5.41, 5.74) is 1.16. The Hall–Kier alpha value is -2.30. The van der Waals surface area contributed by atoms with Gasteiger partial charge < -0.3 is 16.0 Å². The summed E-state index contributed by atoms with van der Waals surface area (Å²) in [7, 11) is 0. The number of nitrogens with one attached hydrogen (secondary N) is 3. The quantitative estimate of drug-likeness (QED) is 0.620. The number of rotatable bonds is 9. The first-order valence-corrected chi connectivity index (χ1v) is 7.99. The first-order chi connectivity index (χ1) is 10.9. The lowest BCUT2D eigenvalue weighted by Crippen LogP contribution is -2.11. The lowest BCUT2D eigenvalue weighted by Gasteiger charge is -2.09. The minimum atomic E-state index is 0.843. The zero-order valence-electron chi connectivity index (χ0n) is 12.8. The third kappa shape index (κ3) is 4.91. The maximum Gasteiger partial charge on any atom is 0.131 e. The second-order valence-corrected chi connectivity index (χ2v) is 5.69. The van der Waals surface area contributed by atoms with E-state index in [9.17, 15) is 0 Å². The molecule has 1 heterocycles. The van der Waals surface area contributed by atoms with Crippen molar-refractivity contribution in [1.29, 1.82) is 0 Å². The highest BCUT2D eigenvalue weighted by atomic mass is 15.1. The van der Waals surface area contributed by atoms with Gasteiger partial charge in [0.05, 0.1) is 0 Å². The van der Waals surface area contributed by atoms with Crippen molar-refractivity contribution in [1.82, 2.24) is 9.97 Å². The molecule has 5 nitrogen and oxygen atoms in total. The second kappa shape index (κ2) is 7.64. The van der Waals surface area contributed by atoms with Crippen molar-refractivity contribution in [2.24, 2.45) is 5.92 Å². The van der Waals surface area contributed by atoms with Crippen molar-refractivity contribution < 1.29 is 0 Å². The molecule has 0 saturated heterocycles. The zero-order chi connectivity index (χ0) is 15.0. The number of aromatic nitrogens is 2. The highest BCUT2D eigenvalue weighted by Crippen LogP contribution is 2.28. The van der Waals surface area contributed by atoms with Gasteiger partial charge in [-0.15, -0.1) is 0 Å². The number of para-hydroxylation sites is 1. The van der Waals surface area contributed by atoms with E-state index >= 15 is 0 Å². The van der Waals surface area contributed by atoms with E-state index in [4.69, 9.17) is 0 Å². The van der Waals surface area contributed by atoms with Gasteiger partial charge in [0.1, 0.15) is 18.0 Å². The fraction of sp³-hybridized carbons (Fsp3) is 0.412. The van der Waals surface area contributed by atoms with E-state index in [1.165, 1.54) is 12.8 Å². The highest BCUT2D eigenvalue weighted by molar-refractivity contribution is 5.46. The van der Waals surface area contributed by atoms with Crippen LogP contribution in [-0.4, -0.2) is 29.6 Å². The fourth-order valence-corrected chi connectivity index (χ4v) is 2.22. The van der Waals surface area contributed by atoms with E-state index in [1.807, 2.05) is 24.3 Å². The molecule has 0 amide bonds. The number of nitrogens with zero attached hydrogens (tertiary/aromatic N) is 2. The van der Waals surface area contributed by atoms with Crippen LogP contribution in [0.1, 0.15) is 19.3 Å². The SMILES string of the molecule is c1ccc(NCCCNc2cc(NCC3CC3)ncn2)cc1. The van der Waals surface area contributed by atoms with E-state index in [2.05, 4.69) is 38.1 Å². The minimum Gasteiger partial charge on any atom is -0.385 e. The summed E-state index contributed by atoms with van der Waals surface area (Å²) >= 11 is 0. The predicted octanol–water partition coefficient (Wildman–Crippen LogP) is 3.21. The molecule has 0 spiro atoms. The maximum absolute atomic E-state index is 4.26. The molecule has 1 aromatic heterocycles. The highest BCUT2D eigenvalue weighted by Gasteiger charge is 2.20. The molecule has 5 heteroatoms. The molecule has 1 fully saturated rings. The Balaban J connectivity index is 1.35. The molecule has 0 bridgehead atoms. The van der Waals surface area contributed by atoms with Crippen LogP contribution in [0.25, 0.3) is 0 Å². The molecule has 0 radical (unpaired) electrons. The molecule has 0 unspecified atom stereocenters. The Morgan fingerprint density at radius 1 is 0.909 bits per heavy atom. The molecule has 0 aliphatic heterocycles. The molecule has 1 aliphatic rings. The average Bonchev–Trinajstić information content (AvgIpc) is 3.38. The molecule has 0 atom stereocenters. The van der Waals surface area contributed by atoms with E-state index < -0.39 is 0 Å². The van der Waals surface area contributed by atoms with Gasteiger partial charge in [0.15, 0.2) is 0 Å². The summed E-state index contributed by atoms with van der Waals surface area (Å²) in [6.45, 7) is 2.85. The van der Waals surface area contributed by atoms with E-state index in [-0.39, 0.29) is 0 Å². The smallest absolute Gasteiger partial charge is 0.131 e. The standard InChI is InChI=1S/C17H23N5/c1-2-5-15(6-3-1)18-9-4-10-19-16-11-17(22-13-21-16)20-12-14-7-8-14/h1-3,5-6,11,13-14,18H,4,7-10,12H2,(H2,19,20,21,22). The lowest BCUT2D eigenvalue weighted by molar-refractivity contribution is 0.878. The number of hydrogen-bond donors (Lipinski definition) is 3. The summed E-state index contributed by atoms with van der Waals surface area (Å²) in [6.07, 6.45) is 5.33. The first-order valence-electron chi connectivity index (χ1n) is 7.99. The van der Waals surface area contributed by atoms with Gasteiger partial charge in [-0.05, 0) is 37.3 Å². The van der Waals surface area contributed by atoms with Crippen molar-refractivity contribution in [2.75, 3.05) is 35.6 Å². The van der Waals surface area contributed by atoms with Crippen LogP contribution in [0.5, 0.6) is 0 Å². The summed E-state index contributed by atoms with van der Waals surface area (Å²) < 4.78 is 0. The van der Waals surface area contributed by atoms with Crippen molar-refractivity contribution in [3.8, 4) is 0 Å². The van der Waals surface area contributed by atoms with Gasteiger partial charge in [0.2, 0.25) is 0 Å². The van der Waals surface area contributed by atoms with E-state index in [1.54, 1.807) is 6.33 Å². The average molecular weight is 297 g/mol. The topological polar surface area (TPSA) is 61.9 Å². The number of benzene rings is 1. The molecule has 1 aliphatic carbocycles. The molecule has 22 heavy (non-hydrogen) atoms. The second-order valence-electron chi connectivity index (χ2n) is 5.69. The molecule has 2 aromatic rings. The van der Waals surface area contributed by atoms with Crippen LogP contribution in [0.2, 0.25) is 0 Å². The molecule has 116 valence electrons. The maximum atomic E-state index is 4.26. The van der Waals surface area contributed by atoms with Crippen molar-refractivity contribution in [3.63, 3.8) is 0 Å². The van der Waals surface area contributed by atoms with Gasteiger partial charge in [-0.3, -0.25) is 0 Å². The van der Waals surface area contributed by atoms with Crippen LogP contribution < -0.4 is 16.0 Å². The van der Waals surface area contributed by atoms with Crippen molar-refractivity contribution in [2.45, 2.75) is 19.3 Å². The third-order valence-corrected chi connectivity index (χ3v) is 3.70. The molecular formula is C17H23N5. The molecule has 1 aromatic carbocycles. The third-order valence-electron chi connectivity index (χ3n) is 3.70. The summed E-state index contributed by atoms with van der Waals surface area (Å²) in [5, 5.41) is 10.1. The summed E-state index contributed by atoms with van der Waals surface area (Å²) in [6, 6.07) is 12.2. The van der Waals surface area contributed by atoms with Crippen LogP contribution in [0.3, 0.4) is 0 Å². The van der Waals surface area contributed by atoms with Gasteiger partial charge >= 0.3 is 0 Å². The van der Waals surface area contributed by atoms with Crippen molar-refractivity contribution in [3.05, 3.63) is 42.7 Å². The summed E-state index contributed by atoms with van der Waals surface area (Å²) in [4.78, 5) is 8.50. The monoisotopic (exact) mass is 297 g/mol. The molecular weight excluding hydrogens is 274 g/mol. The number of hydrogen-bond acceptors (Lipinski definition) is 5. The number of anilines is 3. The van der Waals surface area contributed by atoms with Crippen LogP contribution in [0.4, 0.5) is 17.3 Å². The minimum absolute atomic E-state index is 0.843. The van der Waals surface area contributed by atoms with Crippen molar-refractivity contribution >= 4 is 17.3 Å². The van der Waals surface area contributed by atoms with Crippen LogP contribution in [0.15, 0.2) is 42.7 Å². The van der Waals surface area contributed by atoms with Gasteiger partial charge in [0, 0.05) is 31.4 Å². The molecule has 1 saturated carbocycles. The Bertz CT molecular complexity index is 568. The zero-order valence-corrected chi connectivity index (χ0v) is 12.8. The lowest BCUT2D eigenvalue weighted by atomic mass is 10.3. The van der Waals surface area contributed by atoms with Crippen LogP contribution in [0, 0.1) is 5.92 Å². The Morgan fingerprint density at radius 2 is 1.64 bits per heavy atom. The molecule has 3 N–H and O–H groups in total. The van der Waals surface area contributed by atoms with Gasteiger partial charge in [-0.25, -0.2) is 9.97 Å². The fourth-order valence-electron chi connectivity index (χ4n) is 2.22. The van der Waals surface area contributed by atoms with Gasteiger partial charge in [-0.1, -0.05) is 18.2 Å². The first kappa shape index (κ1) is 14.6. The Morgan fingerprint density at radius 3 is 2.41 bits per heavy atom. The predicted molar refractivity (Wildman–Crippen MR) is 91.3 cm³/mol. The van der Waals surface area contributed by atoms with E-state index in [0.717, 1.165) is 49.3 Å². The Kier molecular flexibility index (Phi) is 5.08. The Labute approximate surface area is 131 Å². The van der Waals surface area contributed by atoms with E-state index in [0.29, 0.717) is 0 Å². The van der Waals surface area contributed by atoms with Gasteiger partial charge in [0.25, 0.3) is 0 Å². The van der Waals surface area contributed by atoms with Gasteiger partial charge in [-0.2, -0.15) is 0 Å². The molecule has 3 rings (SSSR count). The normalized spacial score (nSPS) is 13.6. The van der Waals surface area contributed by atoms with Crippen LogP contribution in [-0.2, 0) is 0 Å². The largest absolute Gasteiger partial charge is 0.385 e. The van der Waals surface area contributed by atoms with Crippen LogP contribution >= 0.6 is 0 Å².